The van der Waals surface area contributed by atoms with E-state index in [9.17, 15) is 9.90 Å². The number of aliphatic hydroxyl groups excluding tert-OH is 1. The maximum Gasteiger partial charge on any atom is 0.161 e. The molecule has 1 N–H and O–H groups in total. The van der Waals surface area contributed by atoms with Crippen molar-refractivity contribution < 1.29 is 14.6 Å². The molecule has 0 unspecified atom stereocenters. The largest absolute Gasteiger partial charge is 0.513 e. The smallest absolute Gasteiger partial charge is 0.161 e. The zero-order chi connectivity index (χ0) is 15.3. The number of carbonyl (C=O) groups is 1. The molecular formula is C16H19NO3. The topological polar surface area (TPSA) is 59.4 Å². The molecular weight excluding hydrogens is 254 g/mol. The molecule has 0 aromatic carbocycles. The summed E-state index contributed by atoms with van der Waals surface area (Å²) in [5.74, 6) is 0.486. The van der Waals surface area contributed by atoms with Gasteiger partial charge in [0.25, 0.3) is 0 Å². The van der Waals surface area contributed by atoms with Crippen molar-refractivity contribution in [3.8, 4) is 0 Å². The number of pyridine rings is 1. The van der Waals surface area contributed by atoms with Gasteiger partial charge in [0.2, 0.25) is 0 Å². The van der Waals surface area contributed by atoms with Crippen LogP contribution in [0.25, 0.3) is 5.57 Å². The number of hydrogen-bond acceptors (Lipinski definition) is 4. The van der Waals surface area contributed by atoms with Gasteiger partial charge in [-0.3, -0.25) is 9.78 Å². The Kier molecular flexibility index (Phi) is 5.26. The summed E-state index contributed by atoms with van der Waals surface area (Å²) in [5, 5.41) is 9.56. The number of aliphatic hydroxyl groups is 1. The molecule has 4 heteroatoms. The highest BCUT2D eigenvalue weighted by Crippen LogP contribution is 2.26. The van der Waals surface area contributed by atoms with E-state index in [1.807, 2.05) is 6.92 Å². The SMILES string of the molecule is C=C/C(OC)=C(\C=C(/C)O)c1cc(C)ncc1C(C)=O. The lowest BCUT2D eigenvalue weighted by Gasteiger charge is -2.12. The highest BCUT2D eigenvalue weighted by atomic mass is 16.5. The van der Waals surface area contributed by atoms with Crippen LogP contribution in [0, 0.1) is 6.92 Å². The van der Waals surface area contributed by atoms with E-state index in [1.54, 1.807) is 19.1 Å². The van der Waals surface area contributed by atoms with E-state index in [4.69, 9.17) is 4.74 Å². The number of Topliss-reactive ketones (excluding diaryl/α,β-unsaturated/α-hetero) is 1. The minimum Gasteiger partial charge on any atom is -0.513 e. The summed E-state index contributed by atoms with van der Waals surface area (Å²) in [6.07, 6.45) is 4.61. The molecule has 0 aliphatic heterocycles. The van der Waals surface area contributed by atoms with Crippen LogP contribution in [0.1, 0.15) is 35.5 Å². The molecule has 4 nitrogen and oxygen atoms in total. The predicted octanol–water partition coefficient (Wildman–Crippen LogP) is 3.60. The highest BCUT2D eigenvalue weighted by Gasteiger charge is 2.15. The van der Waals surface area contributed by atoms with E-state index >= 15 is 0 Å². The van der Waals surface area contributed by atoms with Crippen molar-refractivity contribution in [2.75, 3.05) is 7.11 Å². The first-order valence-corrected chi connectivity index (χ1v) is 6.16. The number of allylic oxidation sites excluding steroid dienone is 4. The summed E-state index contributed by atoms with van der Waals surface area (Å²) in [6.45, 7) is 8.55. The number of nitrogens with zero attached hydrogens (tertiary/aromatic N) is 1. The van der Waals surface area contributed by atoms with Gasteiger partial charge in [0.05, 0.1) is 12.9 Å². The number of ketones is 1. The van der Waals surface area contributed by atoms with Crippen LogP contribution < -0.4 is 0 Å². The van der Waals surface area contributed by atoms with E-state index in [2.05, 4.69) is 11.6 Å². The van der Waals surface area contributed by atoms with Gasteiger partial charge in [0.15, 0.2) is 5.78 Å². The monoisotopic (exact) mass is 273 g/mol. The van der Waals surface area contributed by atoms with Crippen LogP contribution in [-0.4, -0.2) is 23.0 Å². The standard InChI is InChI=1S/C16H19NO3/c1-6-16(20-5)14(8-11(3)18)13-7-10(2)17-9-15(13)12(4)19/h6-9,18H,1H2,2-5H3/b11-8+,16-14-. The minimum absolute atomic E-state index is 0.103. The van der Waals surface area contributed by atoms with Gasteiger partial charge in [-0.15, -0.1) is 0 Å². The number of aryl methyl sites for hydroxylation is 1. The summed E-state index contributed by atoms with van der Waals surface area (Å²) >= 11 is 0. The normalized spacial score (nSPS) is 12.7. The van der Waals surface area contributed by atoms with Crippen LogP contribution in [0.15, 0.2) is 42.5 Å². The quantitative estimate of drug-likeness (QED) is 0.506. The molecule has 0 aliphatic carbocycles. The molecule has 0 amide bonds. The van der Waals surface area contributed by atoms with Crippen molar-refractivity contribution in [2.24, 2.45) is 0 Å². The number of carbonyl (C=O) groups excluding carboxylic acids is 1. The second-order valence-corrected chi connectivity index (χ2v) is 4.40. The molecule has 106 valence electrons. The van der Waals surface area contributed by atoms with Crippen molar-refractivity contribution in [2.45, 2.75) is 20.8 Å². The van der Waals surface area contributed by atoms with Gasteiger partial charge in [-0.1, -0.05) is 6.58 Å². The first-order chi connectivity index (χ1) is 9.40. The maximum atomic E-state index is 11.8. The first kappa shape index (κ1) is 15.7. The average Bonchev–Trinajstić information content (AvgIpc) is 2.38. The number of ether oxygens (including phenoxy) is 1. The van der Waals surface area contributed by atoms with Gasteiger partial charge in [0, 0.05) is 23.0 Å². The van der Waals surface area contributed by atoms with Gasteiger partial charge < -0.3 is 9.84 Å². The average molecular weight is 273 g/mol. The zero-order valence-corrected chi connectivity index (χ0v) is 12.2. The van der Waals surface area contributed by atoms with Gasteiger partial charge in [-0.2, -0.15) is 0 Å². The summed E-state index contributed by atoms with van der Waals surface area (Å²) < 4.78 is 5.27. The number of rotatable bonds is 5. The fourth-order valence-corrected chi connectivity index (χ4v) is 1.86. The van der Waals surface area contributed by atoms with E-state index in [1.165, 1.54) is 26.3 Å². The lowest BCUT2D eigenvalue weighted by atomic mass is 9.96. The van der Waals surface area contributed by atoms with Crippen molar-refractivity contribution >= 4 is 11.4 Å². The Morgan fingerprint density at radius 3 is 2.50 bits per heavy atom. The van der Waals surface area contributed by atoms with Crippen molar-refractivity contribution in [3.63, 3.8) is 0 Å². The zero-order valence-electron chi connectivity index (χ0n) is 12.2. The van der Waals surface area contributed by atoms with Crippen LogP contribution >= 0.6 is 0 Å². The van der Waals surface area contributed by atoms with Gasteiger partial charge in [-0.05, 0) is 44.6 Å². The number of hydrogen-bond donors (Lipinski definition) is 1. The highest BCUT2D eigenvalue weighted by molar-refractivity contribution is 6.00. The van der Waals surface area contributed by atoms with Crippen LogP contribution in [0.4, 0.5) is 0 Å². The lowest BCUT2D eigenvalue weighted by molar-refractivity contribution is 0.101. The van der Waals surface area contributed by atoms with Crippen LogP contribution in [-0.2, 0) is 4.74 Å². The first-order valence-electron chi connectivity index (χ1n) is 6.16. The molecule has 0 saturated carbocycles. The molecule has 0 atom stereocenters. The Labute approximate surface area is 119 Å². The van der Waals surface area contributed by atoms with E-state index in [-0.39, 0.29) is 11.5 Å². The Hall–Kier alpha value is -2.36. The van der Waals surface area contributed by atoms with Crippen LogP contribution in [0.2, 0.25) is 0 Å². The van der Waals surface area contributed by atoms with E-state index in [0.29, 0.717) is 22.5 Å². The summed E-state index contributed by atoms with van der Waals surface area (Å²) in [5.41, 5.74) is 2.50. The Morgan fingerprint density at radius 2 is 2.05 bits per heavy atom. The Bertz CT molecular complexity index is 594. The van der Waals surface area contributed by atoms with E-state index in [0.717, 1.165) is 5.69 Å². The molecule has 1 aromatic rings. The van der Waals surface area contributed by atoms with Gasteiger partial charge in [-0.25, -0.2) is 0 Å². The molecule has 0 spiro atoms. The second-order valence-electron chi connectivity index (χ2n) is 4.40. The third kappa shape index (κ3) is 3.57. The summed E-state index contributed by atoms with van der Waals surface area (Å²) in [4.78, 5) is 15.9. The molecule has 1 rings (SSSR count). The predicted molar refractivity (Wildman–Crippen MR) is 79.5 cm³/mol. The molecule has 1 aromatic heterocycles. The fourth-order valence-electron chi connectivity index (χ4n) is 1.86. The Morgan fingerprint density at radius 1 is 1.40 bits per heavy atom. The molecule has 1 heterocycles. The van der Waals surface area contributed by atoms with Gasteiger partial charge in [0.1, 0.15) is 5.76 Å². The van der Waals surface area contributed by atoms with Crippen LogP contribution in [0.5, 0.6) is 0 Å². The van der Waals surface area contributed by atoms with Crippen molar-refractivity contribution in [3.05, 3.63) is 59.3 Å². The van der Waals surface area contributed by atoms with Gasteiger partial charge >= 0.3 is 0 Å². The molecule has 0 bridgehead atoms. The lowest BCUT2D eigenvalue weighted by Crippen LogP contribution is -2.03. The minimum atomic E-state index is -0.103. The van der Waals surface area contributed by atoms with E-state index < -0.39 is 0 Å². The molecule has 20 heavy (non-hydrogen) atoms. The fraction of sp³-hybridized carbons (Fsp3) is 0.250. The maximum absolute atomic E-state index is 11.8. The Balaban J connectivity index is 3.69. The van der Waals surface area contributed by atoms with Crippen LogP contribution in [0.3, 0.4) is 0 Å². The second kappa shape index (κ2) is 6.70. The molecule has 0 fully saturated rings. The molecule has 0 saturated heterocycles. The summed E-state index contributed by atoms with van der Waals surface area (Å²) in [6, 6.07) is 1.79. The van der Waals surface area contributed by atoms with Crippen molar-refractivity contribution in [1.82, 2.24) is 4.98 Å². The summed E-state index contributed by atoms with van der Waals surface area (Å²) in [7, 11) is 1.51. The molecule has 0 aliphatic rings. The number of methoxy groups -OCH3 is 1. The third-order valence-electron chi connectivity index (χ3n) is 2.73. The third-order valence-corrected chi connectivity index (χ3v) is 2.73. The number of aromatic nitrogens is 1. The van der Waals surface area contributed by atoms with Crippen molar-refractivity contribution in [1.29, 1.82) is 0 Å². The molecule has 0 radical (unpaired) electrons.